The van der Waals surface area contributed by atoms with Gasteiger partial charge in [-0.3, -0.25) is 0 Å². The van der Waals surface area contributed by atoms with Crippen LogP contribution in [-0.4, -0.2) is 32.2 Å². The molecule has 3 nitrogen and oxygen atoms in total. The van der Waals surface area contributed by atoms with Crippen molar-refractivity contribution in [2.75, 3.05) is 27.3 Å². The normalized spacial score (nSPS) is 16.5. The molecular formula is C10H18N2O. The molecule has 1 rings (SSSR count). The van der Waals surface area contributed by atoms with E-state index in [1.54, 1.807) is 7.11 Å². The van der Waals surface area contributed by atoms with Gasteiger partial charge in [0.1, 0.15) is 0 Å². The van der Waals surface area contributed by atoms with E-state index in [-0.39, 0.29) is 0 Å². The van der Waals surface area contributed by atoms with E-state index < -0.39 is 0 Å². The molecule has 0 unspecified atom stereocenters. The third-order valence-electron chi connectivity index (χ3n) is 2.28. The average Bonchev–Trinajstić information content (AvgIpc) is 2.15. The zero-order valence-electron chi connectivity index (χ0n) is 8.42. The molecular weight excluding hydrogens is 164 g/mol. The number of ether oxygens (including phenoxy) is 1. The Morgan fingerprint density at radius 2 is 2.23 bits per heavy atom. The van der Waals surface area contributed by atoms with Crippen LogP contribution in [-0.2, 0) is 4.74 Å². The van der Waals surface area contributed by atoms with Crippen LogP contribution >= 0.6 is 0 Å². The van der Waals surface area contributed by atoms with Crippen molar-refractivity contribution < 1.29 is 4.74 Å². The molecule has 0 spiro atoms. The molecule has 0 aromatic heterocycles. The summed E-state index contributed by atoms with van der Waals surface area (Å²) in [5, 5.41) is 0. The molecule has 74 valence electrons. The highest BCUT2D eigenvalue weighted by molar-refractivity contribution is 5.21. The second-order valence-corrected chi connectivity index (χ2v) is 3.31. The van der Waals surface area contributed by atoms with Gasteiger partial charge in [-0.15, -0.1) is 0 Å². The van der Waals surface area contributed by atoms with Crippen molar-refractivity contribution in [3.8, 4) is 0 Å². The molecule has 1 aliphatic carbocycles. The zero-order chi connectivity index (χ0) is 9.68. The van der Waals surface area contributed by atoms with Crippen molar-refractivity contribution in [2.45, 2.75) is 12.8 Å². The molecule has 0 bridgehead atoms. The zero-order valence-corrected chi connectivity index (χ0v) is 8.42. The SMILES string of the molecule is COCCN(C)C1=CC=C(N)CC1. The van der Waals surface area contributed by atoms with Gasteiger partial charge in [-0.1, -0.05) is 0 Å². The summed E-state index contributed by atoms with van der Waals surface area (Å²) in [5.41, 5.74) is 7.99. The Kier molecular flexibility index (Phi) is 3.83. The van der Waals surface area contributed by atoms with Crippen molar-refractivity contribution in [3.63, 3.8) is 0 Å². The molecule has 0 fully saturated rings. The number of hydrogen-bond acceptors (Lipinski definition) is 3. The van der Waals surface area contributed by atoms with Crippen LogP contribution in [0.3, 0.4) is 0 Å². The first kappa shape index (κ1) is 10.1. The van der Waals surface area contributed by atoms with E-state index in [0.717, 1.165) is 31.7 Å². The Balaban J connectivity index is 2.43. The Labute approximate surface area is 79.9 Å². The molecule has 0 amide bonds. The molecule has 0 saturated heterocycles. The predicted molar refractivity (Wildman–Crippen MR) is 54.1 cm³/mol. The minimum absolute atomic E-state index is 0.771. The van der Waals surface area contributed by atoms with Gasteiger partial charge >= 0.3 is 0 Å². The first-order chi connectivity index (χ1) is 6.24. The Bertz CT molecular complexity index is 221. The second kappa shape index (κ2) is 4.92. The lowest BCUT2D eigenvalue weighted by atomic mass is 10.1. The molecule has 2 N–H and O–H groups in total. The van der Waals surface area contributed by atoms with Crippen LogP contribution in [0.5, 0.6) is 0 Å². The summed E-state index contributed by atoms with van der Waals surface area (Å²) in [6, 6.07) is 0. The monoisotopic (exact) mass is 182 g/mol. The van der Waals surface area contributed by atoms with E-state index >= 15 is 0 Å². The van der Waals surface area contributed by atoms with Gasteiger partial charge < -0.3 is 15.4 Å². The van der Waals surface area contributed by atoms with Gasteiger partial charge in [-0.25, -0.2) is 0 Å². The third kappa shape index (κ3) is 3.11. The first-order valence-corrected chi connectivity index (χ1v) is 4.59. The van der Waals surface area contributed by atoms with Gasteiger partial charge in [0.25, 0.3) is 0 Å². The highest BCUT2D eigenvalue weighted by Gasteiger charge is 2.07. The van der Waals surface area contributed by atoms with Gasteiger partial charge in [-0.2, -0.15) is 0 Å². The van der Waals surface area contributed by atoms with Crippen molar-refractivity contribution in [1.82, 2.24) is 4.90 Å². The summed E-state index contributed by atoms with van der Waals surface area (Å²) in [6.07, 6.45) is 6.10. The molecule has 0 saturated carbocycles. The predicted octanol–water partition coefficient (Wildman–Crippen LogP) is 1.08. The van der Waals surface area contributed by atoms with E-state index in [9.17, 15) is 0 Å². The molecule has 1 aliphatic rings. The average molecular weight is 182 g/mol. The topological polar surface area (TPSA) is 38.5 Å². The highest BCUT2D eigenvalue weighted by Crippen LogP contribution is 2.17. The maximum Gasteiger partial charge on any atom is 0.0637 e. The van der Waals surface area contributed by atoms with Gasteiger partial charge in [0.15, 0.2) is 0 Å². The minimum Gasteiger partial charge on any atom is -0.402 e. The number of rotatable bonds is 4. The van der Waals surface area contributed by atoms with Gasteiger partial charge in [0, 0.05) is 32.1 Å². The highest BCUT2D eigenvalue weighted by atomic mass is 16.5. The lowest BCUT2D eigenvalue weighted by Gasteiger charge is -2.24. The molecule has 0 radical (unpaired) electrons. The summed E-state index contributed by atoms with van der Waals surface area (Å²) >= 11 is 0. The molecule has 13 heavy (non-hydrogen) atoms. The largest absolute Gasteiger partial charge is 0.402 e. The lowest BCUT2D eigenvalue weighted by molar-refractivity contribution is 0.172. The van der Waals surface area contributed by atoms with Crippen LogP contribution in [0.4, 0.5) is 0 Å². The second-order valence-electron chi connectivity index (χ2n) is 3.31. The van der Waals surface area contributed by atoms with Gasteiger partial charge in [0.05, 0.1) is 6.61 Å². The van der Waals surface area contributed by atoms with Crippen LogP contribution in [0.15, 0.2) is 23.5 Å². The maximum absolute atomic E-state index is 5.67. The molecule has 0 aliphatic heterocycles. The molecule has 0 atom stereocenters. The Morgan fingerprint density at radius 3 is 2.77 bits per heavy atom. The molecule has 0 aromatic rings. The summed E-state index contributed by atoms with van der Waals surface area (Å²) in [6.45, 7) is 1.71. The van der Waals surface area contributed by atoms with E-state index in [1.165, 1.54) is 5.70 Å². The maximum atomic E-state index is 5.67. The van der Waals surface area contributed by atoms with E-state index in [4.69, 9.17) is 10.5 Å². The fourth-order valence-corrected chi connectivity index (χ4v) is 1.33. The van der Waals surface area contributed by atoms with E-state index in [1.807, 2.05) is 6.08 Å². The summed E-state index contributed by atoms with van der Waals surface area (Å²) in [4.78, 5) is 2.21. The standard InChI is InChI=1S/C10H18N2O/c1-12(7-8-13-2)10-5-3-9(11)4-6-10/h3,5H,4,6-8,11H2,1-2H3. The number of likely N-dealkylation sites (N-methyl/N-ethyl adjacent to an activating group) is 1. The van der Waals surface area contributed by atoms with Crippen molar-refractivity contribution in [2.24, 2.45) is 5.73 Å². The fraction of sp³-hybridized carbons (Fsp3) is 0.600. The smallest absolute Gasteiger partial charge is 0.0637 e. The van der Waals surface area contributed by atoms with Crippen LogP contribution in [0.1, 0.15) is 12.8 Å². The Morgan fingerprint density at radius 1 is 1.46 bits per heavy atom. The number of methoxy groups -OCH3 is 1. The molecule has 3 heteroatoms. The van der Waals surface area contributed by atoms with Gasteiger partial charge in [-0.05, 0) is 25.0 Å². The summed E-state index contributed by atoms with van der Waals surface area (Å²) in [7, 11) is 3.81. The fourth-order valence-electron chi connectivity index (χ4n) is 1.33. The van der Waals surface area contributed by atoms with E-state index in [2.05, 4.69) is 18.0 Å². The minimum atomic E-state index is 0.771. The number of nitrogens with zero attached hydrogens (tertiary/aromatic N) is 1. The first-order valence-electron chi connectivity index (χ1n) is 4.59. The third-order valence-corrected chi connectivity index (χ3v) is 2.28. The lowest BCUT2D eigenvalue weighted by Crippen LogP contribution is -2.23. The van der Waals surface area contributed by atoms with Crippen LogP contribution < -0.4 is 5.73 Å². The van der Waals surface area contributed by atoms with E-state index in [0.29, 0.717) is 0 Å². The van der Waals surface area contributed by atoms with Crippen LogP contribution in [0.25, 0.3) is 0 Å². The number of hydrogen-bond donors (Lipinski definition) is 1. The quantitative estimate of drug-likeness (QED) is 0.707. The summed E-state index contributed by atoms with van der Waals surface area (Å²) in [5.74, 6) is 0. The molecule has 0 heterocycles. The molecule has 0 aromatic carbocycles. The van der Waals surface area contributed by atoms with Crippen LogP contribution in [0, 0.1) is 0 Å². The summed E-state index contributed by atoms with van der Waals surface area (Å²) < 4.78 is 5.02. The van der Waals surface area contributed by atoms with Crippen LogP contribution in [0.2, 0.25) is 0 Å². The number of allylic oxidation sites excluding steroid dienone is 4. The van der Waals surface area contributed by atoms with Crippen molar-refractivity contribution >= 4 is 0 Å². The van der Waals surface area contributed by atoms with Crippen molar-refractivity contribution in [1.29, 1.82) is 0 Å². The van der Waals surface area contributed by atoms with Crippen molar-refractivity contribution in [3.05, 3.63) is 23.5 Å². The Hall–Kier alpha value is -0.960. The van der Waals surface area contributed by atoms with Gasteiger partial charge in [0.2, 0.25) is 0 Å². The number of nitrogens with two attached hydrogens (primary N) is 1.